The number of rotatable bonds is 1. The molecule has 1 aliphatic rings. The molecule has 16 heavy (non-hydrogen) atoms. The van der Waals surface area contributed by atoms with Crippen LogP contribution in [0.5, 0.6) is 0 Å². The Morgan fingerprint density at radius 3 is 2.62 bits per heavy atom. The summed E-state index contributed by atoms with van der Waals surface area (Å²) in [5.74, 6) is -0.277. The van der Waals surface area contributed by atoms with Gasteiger partial charge in [0.1, 0.15) is 11.9 Å². The summed E-state index contributed by atoms with van der Waals surface area (Å²) in [5.41, 5.74) is 5.26. The molecule has 1 saturated heterocycles. The lowest BCUT2D eigenvalue weighted by atomic mass is 9.95. The number of nitrogens with zero attached hydrogens (tertiary/aromatic N) is 1. The summed E-state index contributed by atoms with van der Waals surface area (Å²) < 4.78 is 5.24. The van der Waals surface area contributed by atoms with Gasteiger partial charge in [0, 0.05) is 25.0 Å². The normalized spacial score (nSPS) is 26.4. The molecule has 2 atom stereocenters. The van der Waals surface area contributed by atoms with Gasteiger partial charge < -0.3 is 20.2 Å². The first-order valence-corrected chi connectivity index (χ1v) is 5.52. The topological polar surface area (TPSA) is 72.6 Å². The van der Waals surface area contributed by atoms with E-state index in [0.717, 1.165) is 6.29 Å². The van der Waals surface area contributed by atoms with Crippen LogP contribution in [0.25, 0.3) is 0 Å². The zero-order valence-electron chi connectivity index (χ0n) is 10.1. The van der Waals surface area contributed by atoms with Crippen LogP contribution in [0.2, 0.25) is 0 Å². The maximum absolute atomic E-state index is 11.7. The number of carbonyl (C=O) groups is 2. The fraction of sp³-hybridized carbons (Fsp3) is 0.818. The molecular formula is C11H20N2O3. The van der Waals surface area contributed by atoms with Crippen LogP contribution >= 0.6 is 0 Å². The number of hydrogen-bond donors (Lipinski definition) is 1. The van der Waals surface area contributed by atoms with Crippen LogP contribution in [0.3, 0.4) is 0 Å². The smallest absolute Gasteiger partial charge is 0.410 e. The molecule has 0 saturated carbocycles. The van der Waals surface area contributed by atoms with E-state index in [1.54, 1.807) is 4.90 Å². The summed E-state index contributed by atoms with van der Waals surface area (Å²) in [5, 5.41) is 0. The highest BCUT2D eigenvalue weighted by atomic mass is 16.6. The zero-order valence-corrected chi connectivity index (χ0v) is 10.1. The number of aldehydes is 1. The van der Waals surface area contributed by atoms with Crippen LogP contribution in [0, 0.1) is 5.92 Å². The van der Waals surface area contributed by atoms with Gasteiger partial charge in [0.25, 0.3) is 0 Å². The van der Waals surface area contributed by atoms with Gasteiger partial charge in [-0.1, -0.05) is 0 Å². The van der Waals surface area contributed by atoms with E-state index < -0.39 is 5.60 Å². The predicted molar refractivity (Wildman–Crippen MR) is 60.0 cm³/mol. The number of carbonyl (C=O) groups excluding carboxylic acids is 2. The quantitative estimate of drug-likeness (QED) is 0.673. The van der Waals surface area contributed by atoms with E-state index in [0.29, 0.717) is 19.5 Å². The summed E-state index contributed by atoms with van der Waals surface area (Å²) in [6, 6.07) is -0.142. The lowest BCUT2D eigenvalue weighted by Crippen LogP contribution is -2.50. The molecule has 0 aromatic carbocycles. The highest BCUT2D eigenvalue weighted by molar-refractivity contribution is 5.69. The molecular weight excluding hydrogens is 208 g/mol. The third-order valence-electron chi connectivity index (χ3n) is 2.54. The Kier molecular flexibility index (Phi) is 3.91. The van der Waals surface area contributed by atoms with E-state index in [-0.39, 0.29) is 18.1 Å². The molecule has 0 aromatic rings. The lowest BCUT2D eigenvalue weighted by molar-refractivity contribution is -0.112. The van der Waals surface area contributed by atoms with Gasteiger partial charge in [-0.15, -0.1) is 0 Å². The van der Waals surface area contributed by atoms with E-state index >= 15 is 0 Å². The first-order valence-electron chi connectivity index (χ1n) is 5.52. The minimum absolute atomic E-state index is 0.142. The molecule has 1 rings (SSSR count). The summed E-state index contributed by atoms with van der Waals surface area (Å²) >= 11 is 0. The highest BCUT2D eigenvalue weighted by Gasteiger charge is 2.31. The van der Waals surface area contributed by atoms with Crippen molar-refractivity contribution in [1.29, 1.82) is 0 Å². The molecule has 1 amide bonds. The molecule has 1 aliphatic heterocycles. The fourth-order valence-corrected chi connectivity index (χ4v) is 1.64. The van der Waals surface area contributed by atoms with Gasteiger partial charge in [-0.2, -0.15) is 0 Å². The van der Waals surface area contributed by atoms with Crippen LogP contribution in [0.15, 0.2) is 0 Å². The van der Waals surface area contributed by atoms with Gasteiger partial charge in [0.15, 0.2) is 0 Å². The molecule has 0 aliphatic carbocycles. The SMILES string of the molecule is CC(C)(C)OC(=O)N1CCC(N)C(C=O)C1. The first-order chi connectivity index (χ1) is 7.33. The second kappa shape index (κ2) is 4.82. The van der Waals surface area contributed by atoms with Crippen molar-refractivity contribution in [3.05, 3.63) is 0 Å². The van der Waals surface area contributed by atoms with Crippen LogP contribution in [0.4, 0.5) is 4.79 Å². The van der Waals surface area contributed by atoms with Crippen molar-refractivity contribution >= 4 is 12.4 Å². The van der Waals surface area contributed by atoms with Crippen molar-refractivity contribution in [3.8, 4) is 0 Å². The number of amides is 1. The van der Waals surface area contributed by atoms with E-state index in [2.05, 4.69) is 0 Å². The van der Waals surface area contributed by atoms with Gasteiger partial charge in [0.2, 0.25) is 0 Å². The number of piperidine rings is 1. The van der Waals surface area contributed by atoms with Crippen LogP contribution in [-0.2, 0) is 9.53 Å². The molecule has 2 unspecified atom stereocenters. The summed E-state index contributed by atoms with van der Waals surface area (Å²) in [6.07, 6.45) is 1.09. The third-order valence-corrected chi connectivity index (χ3v) is 2.54. The largest absolute Gasteiger partial charge is 0.444 e. The molecule has 2 N–H and O–H groups in total. The van der Waals surface area contributed by atoms with E-state index in [1.807, 2.05) is 20.8 Å². The Balaban J connectivity index is 2.55. The Bertz CT molecular complexity index is 273. The molecule has 0 aromatic heterocycles. The lowest BCUT2D eigenvalue weighted by Gasteiger charge is -2.35. The molecule has 5 nitrogen and oxygen atoms in total. The maximum atomic E-state index is 11.7. The maximum Gasteiger partial charge on any atom is 0.410 e. The van der Waals surface area contributed by atoms with Crippen molar-refractivity contribution in [2.24, 2.45) is 11.7 Å². The molecule has 5 heteroatoms. The van der Waals surface area contributed by atoms with Crippen LogP contribution in [-0.4, -0.2) is 42.0 Å². The second-order valence-corrected chi connectivity index (χ2v) is 5.18. The van der Waals surface area contributed by atoms with Gasteiger partial charge in [-0.3, -0.25) is 0 Å². The summed E-state index contributed by atoms with van der Waals surface area (Å²) in [6.45, 7) is 6.37. The fourth-order valence-electron chi connectivity index (χ4n) is 1.64. The van der Waals surface area contributed by atoms with Gasteiger partial charge in [-0.05, 0) is 27.2 Å². The van der Waals surface area contributed by atoms with Crippen molar-refractivity contribution in [1.82, 2.24) is 4.90 Å². The minimum Gasteiger partial charge on any atom is -0.444 e. The van der Waals surface area contributed by atoms with E-state index in [1.165, 1.54) is 0 Å². The number of likely N-dealkylation sites (tertiary alicyclic amines) is 1. The monoisotopic (exact) mass is 228 g/mol. The molecule has 0 spiro atoms. The third kappa shape index (κ3) is 3.48. The highest BCUT2D eigenvalue weighted by Crippen LogP contribution is 2.17. The molecule has 0 radical (unpaired) electrons. The number of ether oxygens (including phenoxy) is 1. The van der Waals surface area contributed by atoms with Crippen LogP contribution in [0.1, 0.15) is 27.2 Å². The van der Waals surface area contributed by atoms with Crippen molar-refractivity contribution in [2.75, 3.05) is 13.1 Å². The first kappa shape index (κ1) is 13.0. The van der Waals surface area contributed by atoms with Crippen molar-refractivity contribution in [3.63, 3.8) is 0 Å². The number of nitrogens with two attached hydrogens (primary N) is 1. The zero-order chi connectivity index (χ0) is 12.3. The van der Waals surface area contributed by atoms with E-state index in [9.17, 15) is 9.59 Å². The Morgan fingerprint density at radius 2 is 2.12 bits per heavy atom. The van der Waals surface area contributed by atoms with Gasteiger partial charge in [-0.25, -0.2) is 4.79 Å². The average Bonchev–Trinajstić information content (AvgIpc) is 2.15. The summed E-state index contributed by atoms with van der Waals surface area (Å²) in [7, 11) is 0. The molecule has 92 valence electrons. The number of hydrogen-bond acceptors (Lipinski definition) is 4. The van der Waals surface area contributed by atoms with E-state index in [4.69, 9.17) is 10.5 Å². The van der Waals surface area contributed by atoms with Crippen molar-refractivity contribution in [2.45, 2.75) is 38.8 Å². The molecule has 1 fully saturated rings. The van der Waals surface area contributed by atoms with Crippen molar-refractivity contribution < 1.29 is 14.3 Å². The second-order valence-electron chi connectivity index (χ2n) is 5.18. The minimum atomic E-state index is -0.507. The van der Waals surface area contributed by atoms with Gasteiger partial charge >= 0.3 is 6.09 Å². The Labute approximate surface area is 95.9 Å². The molecule has 0 bridgehead atoms. The Morgan fingerprint density at radius 1 is 1.50 bits per heavy atom. The Hall–Kier alpha value is -1.10. The van der Waals surface area contributed by atoms with Crippen LogP contribution < -0.4 is 5.73 Å². The summed E-state index contributed by atoms with van der Waals surface area (Å²) in [4.78, 5) is 24.0. The predicted octanol–water partition coefficient (Wildman–Crippen LogP) is 0.770. The average molecular weight is 228 g/mol. The molecule has 1 heterocycles. The standard InChI is InChI=1S/C11H20N2O3/c1-11(2,3)16-10(15)13-5-4-9(12)8(6-13)7-14/h7-9H,4-6,12H2,1-3H3. The van der Waals surface area contributed by atoms with Gasteiger partial charge in [0.05, 0.1) is 0 Å².